The van der Waals surface area contributed by atoms with Crippen molar-refractivity contribution >= 4 is 5.97 Å². The molecule has 0 bridgehead atoms. The summed E-state index contributed by atoms with van der Waals surface area (Å²) in [6.07, 6.45) is 0.824. The summed E-state index contributed by atoms with van der Waals surface area (Å²) in [5.74, 6) is -0.593. The molecule has 1 heterocycles. The molecule has 0 amide bonds. The molecule has 0 aliphatic carbocycles. The van der Waals surface area contributed by atoms with Crippen LogP contribution in [0.3, 0.4) is 0 Å². The van der Waals surface area contributed by atoms with Crippen LogP contribution in [0.25, 0.3) is 0 Å². The summed E-state index contributed by atoms with van der Waals surface area (Å²) < 4.78 is 5.20. The van der Waals surface area contributed by atoms with E-state index in [1.807, 2.05) is 0 Å². The third-order valence-electron chi connectivity index (χ3n) is 2.59. The Morgan fingerprint density at radius 2 is 1.81 bits per heavy atom. The standard InChI is InChI=1S/C10H18O6/c1-10(6-11,7-12)9(13)16-8-2-4-14-15-5-3-8/h8,11-12H,2-7H2,1H3. The van der Waals surface area contributed by atoms with Crippen molar-refractivity contribution in [3.05, 3.63) is 0 Å². The molecule has 2 N–H and O–H groups in total. The van der Waals surface area contributed by atoms with E-state index in [9.17, 15) is 4.79 Å². The molecular weight excluding hydrogens is 216 g/mol. The molecule has 0 saturated carbocycles. The van der Waals surface area contributed by atoms with E-state index in [1.54, 1.807) is 0 Å². The van der Waals surface area contributed by atoms with E-state index < -0.39 is 24.6 Å². The van der Waals surface area contributed by atoms with E-state index in [0.717, 1.165) is 0 Å². The molecule has 0 atom stereocenters. The van der Waals surface area contributed by atoms with Crippen LogP contribution in [0.5, 0.6) is 0 Å². The van der Waals surface area contributed by atoms with Gasteiger partial charge in [0.15, 0.2) is 0 Å². The Labute approximate surface area is 94.0 Å². The maximum absolute atomic E-state index is 11.7. The van der Waals surface area contributed by atoms with Crippen LogP contribution < -0.4 is 0 Å². The largest absolute Gasteiger partial charge is 0.462 e. The molecule has 0 radical (unpaired) electrons. The highest BCUT2D eigenvalue weighted by atomic mass is 17.2. The average molecular weight is 234 g/mol. The van der Waals surface area contributed by atoms with Crippen molar-refractivity contribution in [1.29, 1.82) is 0 Å². The third kappa shape index (κ3) is 3.41. The number of rotatable bonds is 4. The van der Waals surface area contributed by atoms with Crippen molar-refractivity contribution < 1.29 is 29.5 Å². The van der Waals surface area contributed by atoms with E-state index in [1.165, 1.54) is 6.92 Å². The zero-order valence-electron chi connectivity index (χ0n) is 9.35. The van der Waals surface area contributed by atoms with Crippen LogP contribution in [-0.2, 0) is 19.3 Å². The Hall–Kier alpha value is -0.690. The predicted octanol–water partition coefficient (Wildman–Crippen LogP) is -0.369. The second-order valence-electron chi connectivity index (χ2n) is 4.13. The van der Waals surface area contributed by atoms with Gasteiger partial charge in [0, 0.05) is 12.8 Å². The van der Waals surface area contributed by atoms with Crippen molar-refractivity contribution in [3.63, 3.8) is 0 Å². The Kier molecular flexibility index (Phi) is 5.14. The van der Waals surface area contributed by atoms with Gasteiger partial charge in [-0.15, -0.1) is 0 Å². The normalized spacial score (nSPS) is 19.2. The summed E-state index contributed by atoms with van der Waals surface area (Å²) in [6, 6.07) is 0. The van der Waals surface area contributed by atoms with E-state index in [4.69, 9.17) is 24.7 Å². The van der Waals surface area contributed by atoms with Gasteiger partial charge in [-0.25, -0.2) is 9.78 Å². The van der Waals surface area contributed by atoms with Crippen LogP contribution in [-0.4, -0.2) is 48.7 Å². The van der Waals surface area contributed by atoms with Gasteiger partial charge >= 0.3 is 5.97 Å². The molecule has 0 aromatic carbocycles. The van der Waals surface area contributed by atoms with Crippen LogP contribution in [0.4, 0.5) is 0 Å². The van der Waals surface area contributed by atoms with Crippen molar-refractivity contribution in [1.82, 2.24) is 0 Å². The van der Waals surface area contributed by atoms with Gasteiger partial charge in [0.1, 0.15) is 11.5 Å². The number of hydrogen-bond donors (Lipinski definition) is 2. The average Bonchev–Trinajstić information content (AvgIpc) is 2.56. The van der Waals surface area contributed by atoms with Gasteiger partial charge in [0.2, 0.25) is 0 Å². The monoisotopic (exact) mass is 234 g/mol. The number of aliphatic hydroxyl groups is 2. The maximum atomic E-state index is 11.7. The predicted molar refractivity (Wildman–Crippen MR) is 53.3 cm³/mol. The first-order chi connectivity index (χ1) is 7.62. The zero-order valence-corrected chi connectivity index (χ0v) is 9.35. The van der Waals surface area contributed by atoms with Crippen molar-refractivity contribution in [3.8, 4) is 0 Å². The fraction of sp³-hybridized carbons (Fsp3) is 0.900. The van der Waals surface area contributed by atoms with Gasteiger partial charge in [-0.05, 0) is 6.92 Å². The lowest BCUT2D eigenvalue weighted by molar-refractivity contribution is -0.287. The zero-order chi connectivity index (χ0) is 12.0. The summed E-state index contributed by atoms with van der Waals surface area (Å²) in [6.45, 7) is 1.31. The summed E-state index contributed by atoms with van der Waals surface area (Å²) >= 11 is 0. The number of esters is 1. The van der Waals surface area contributed by atoms with Crippen LogP contribution in [0.1, 0.15) is 19.8 Å². The maximum Gasteiger partial charge on any atom is 0.316 e. The van der Waals surface area contributed by atoms with Gasteiger partial charge in [0.05, 0.1) is 26.4 Å². The molecule has 94 valence electrons. The minimum Gasteiger partial charge on any atom is -0.462 e. The van der Waals surface area contributed by atoms with Crippen LogP contribution in [0, 0.1) is 5.41 Å². The summed E-state index contributed by atoms with van der Waals surface area (Å²) in [7, 11) is 0. The Morgan fingerprint density at radius 1 is 1.31 bits per heavy atom. The number of aliphatic hydroxyl groups excluding tert-OH is 2. The van der Waals surface area contributed by atoms with Crippen molar-refractivity contribution in [2.24, 2.45) is 5.41 Å². The molecule has 1 saturated heterocycles. The van der Waals surface area contributed by atoms with Gasteiger partial charge in [0.25, 0.3) is 0 Å². The van der Waals surface area contributed by atoms with Gasteiger partial charge in [-0.2, -0.15) is 0 Å². The van der Waals surface area contributed by atoms with Crippen molar-refractivity contribution in [2.75, 3.05) is 26.4 Å². The highest BCUT2D eigenvalue weighted by Gasteiger charge is 2.35. The fourth-order valence-electron chi connectivity index (χ4n) is 1.21. The van der Waals surface area contributed by atoms with Crippen molar-refractivity contribution in [2.45, 2.75) is 25.9 Å². The van der Waals surface area contributed by atoms with Crippen LogP contribution >= 0.6 is 0 Å². The Bertz CT molecular complexity index is 217. The fourth-order valence-corrected chi connectivity index (χ4v) is 1.21. The SMILES string of the molecule is CC(CO)(CO)C(=O)OC1CCOOCC1. The number of ether oxygens (including phenoxy) is 1. The first-order valence-corrected chi connectivity index (χ1v) is 5.29. The molecule has 16 heavy (non-hydrogen) atoms. The smallest absolute Gasteiger partial charge is 0.316 e. The lowest BCUT2D eigenvalue weighted by Crippen LogP contribution is -2.39. The second-order valence-corrected chi connectivity index (χ2v) is 4.13. The topological polar surface area (TPSA) is 85.2 Å². The van der Waals surface area contributed by atoms with Gasteiger partial charge in [-0.3, -0.25) is 4.79 Å². The van der Waals surface area contributed by atoms with E-state index in [-0.39, 0.29) is 6.10 Å². The van der Waals surface area contributed by atoms with E-state index >= 15 is 0 Å². The van der Waals surface area contributed by atoms with Crippen LogP contribution in [0.15, 0.2) is 0 Å². The molecular formula is C10H18O6. The minimum absolute atomic E-state index is 0.285. The highest BCUT2D eigenvalue weighted by Crippen LogP contribution is 2.20. The Balaban J connectivity index is 2.48. The molecule has 0 spiro atoms. The van der Waals surface area contributed by atoms with E-state index in [2.05, 4.69) is 0 Å². The molecule has 1 rings (SSSR count). The first-order valence-electron chi connectivity index (χ1n) is 5.29. The van der Waals surface area contributed by atoms with Gasteiger partial charge in [-0.1, -0.05) is 0 Å². The third-order valence-corrected chi connectivity index (χ3v) is 2.59. The molecule has 1 fully saturated rings. The minimum atomic E-state index is -1.24. The molecule has 0 unspecified atom stereocenters. The van der Waals surface area contributed by atoms with E-state index in [0.29, 0.717) is 26.1 Å². The molecule has 1 aliphatic rings. The molecule has 6 heteroatoms. The lowest BCUT2D eigenvalue weighted by atomic mass is 9.93. The lowest BCUT2D eigenvalue weighted by Gasteiger charge is -2.25. The number of carbonyl (C=O) groups excluding carboxylic acids is 1. The number of carbonyl (C=O) groups is 1. The molecule has 1 aliphatic heterocycles. The Morgan fingerprint density at radius 3 is 2.25 bits per heavy atom. The van der Waals surface area contributed by atoms with Gasteiger partial charge < -0.3 is 14.9 Å². The molecule has 6 nitrogen and oxygen atoms in total. The molecule has 0 aromatic rings. The second kappa shape index (κ2) is 6.15. The quantitative estimate of drug-likeness (QED) is 0.510. The number of hydrogen-bond acceptors (Lipinski definition) is 6. The first kappa shape index (κ1) is 13.4. The molecule has 0 aromatic heterocycles. The summed E-state index contributed by atoms with van der Waals surface area (Å²) in [4.78, 5) is 21.2. The highest BCUT2D eigenvalue weighted by molar-refractivity contribution is 5.76. The van der Waals surface area contributed by atoms with Crippen LogP contribution in [0.2, 0.25) is 0 Å². The summed E-state index contributed by atoms with van der Waals surface area (Å²) in [5.41, 5.74) is -1.24. The summed E-state index contributed by atoms with van der Waals surface area (Å²) in [5, 5.41) is 18.1.